The van der Waals surface area contributed by atoms with Crippen LogP contribution in [0.25, 0.3) is 16.9 Å². The topological polar surface area (TPSA) is 69.9 Å². The molecule has 2 heterocycles. The molecule has 0 fully saturated rings. The summed E-state index contributed by atoms with van der Waals surface area (Å²) in [6, 6.07) is 11.8. The summed E-state index contributed by atoms with van der Waals surface area (Å²) < 4.78 is 6.59. The predicted octanol–water partition coefficient (Wildman–Crippen LogP) is 2.98. The van der Waals surface area contributed by atoms with Crippen molar-refractivity contribution in [3.63, 3.8) is 0 Å². The number of benzene rings is 1. The Morgan fingerprint density at radius 1 is 1.21 bits per heavy atom. The first-order valence-electron chi connectivity index (χ1n) is 7.48. The van der Waals surface area contributed by atoms with Crippen LogP contribution in [0, 0.1) is 0 Å². The van der Waals surface area contributed by atoms with Crippen molar-refractivity contribution in [1.82, 2.24) is 19.7 Å². The van der Waals surface area contributed by atoms with Gasteiger partial charge in [-0.05, 0) is 12.5 Å². The maximum Gasteiger partial charge on any atom is 0.316 e. The molecular weight excluding hydrogens is 324 g/mol. The maximum atomic E-state index is 11.4. The highest BCUT2D eigenvalue weighted by Gasteiger charge is 2.08. The first-order valence-corrected chi connectivity index (χ1v) is 8.47. The Labute approximate surface area is 143 Å². The normalized spacial score (nSPS) is 10.5. The molecule has 2 aromatic heterocycles. The number of ether oxygens (including phenoxy) is 1. The monoisotopic (exact) mass is 340 g/mol. The standard InChI is InChI=1S/C17H16N4O2S/c1-2-23-16(22)12-24-17-18-9-8-15(20-17)21-11-14(10-19-21)13-6-4-3-5-7-13/h3-11H,2,12H2,1H3. The van der Waals surface area contributed by atoms with E-state index in [4.69, 9.17) is 4.74 Å². The molecule has 0 atom stereocenters. The van der Waals surface area contributed by atoms with Gasteiger partial charge in [-0.3, -0.25) is 4.79 Å². The lowest BCUT2D eigenvalue weighted by Gasteiger charge is -2.03. The Morgan fingerprint density at radius 3 is 2.83 bits per heavy atom. The van der Waals surface area contributed by atoms with Crippen molar-refractivity contribution in [1.29, 1.82) is 0 Å². The zero-order valence-electron chi connectivity index (χ0n) is 13.1. The van der Waals surface area contributed by atoms with Crippen molar-refractivity contribution in [3.8, 4) is 16.9 Å². The largest absolute Gasteiger partial charge is 0.465 e. The third-order valence-corrected chi connectivity index (χ3v) is 4.00. The van der Waals surface area contributed by atoms with Crippen molar-refractivity contribution in [3.05, 3.63) is 55.0 Å². The van der Waals surface area contributed by atoms with E-state index in [0.717, 1.165) is 11.1 Å². The molecular formula is C17H16N4O2S. The van der Waals surface area contributed by atoms with Gasteiger partial charge in [0.15, 0.2) is 11.0 Å². The Hall–Kier alpha value is -2.67. The Balaban J connectivity index is 1.75. The average Bonchev–Trinajstić information content (AvgIpc) is 3.11. The number of esters is 1. The van der Waals surface area contributed by atoms with Gasteiger partial charge in [0.25, 0.3) is 0 Å². The second-order valence-corrected chi connectivity index (χ2v) is 5.77. The first kappa shape index (κ1) is 16.2. The molecule has 0 amide bonds. The zero-order valence-corrected chi connectivity index (χ0v) is 13.9. The highest BCUT2D eigenvalue weighted by molar-refractivity contribution is 7.99. The van der Waals surface area contributed by atoms with Crippen LogP contribution in [0.1, 0.15) is 6.92 Å². The molecule has 0 aliphatic carbocycles. The molecule has 0 aliphatic heterocycles. The summed E-state index contributed by atoms with van der Waals surface area (Å²) >= 11 is 1.24. The molecule has 0 unspecified atom stereocenters. The maximum absolute atomic E-state index is 11.4. The summed E-state index contributed by atoms with van der Waals surface area (Å²) in [5.41, 5.74) is 2.10. The fourth-order valence-electron chi connectivity index (χ4n) is 2.08. The molecule has 7 heteroatoms. The first-order chi connectivity index (χ1) is 11.8. The summed E-state index contributed by atoms with van der Waals surface area (Å²) in [4.78, 5) is 20.0. The minimum atomic E-state index is -0.276. The van der Waals surface area contributed by atoms with Crippen molar-refractivity contribution in [2.45, 2.75) is 12.1 Å². The minimum absolute atomic E-state index is 0.186. The predicted molar refractivity (Wildman–Crippen MR) is 91.9 cm³/mol. The van der Waals surface area contributed by atoms with Crippen LogP contribution in [0.2, 0.25) is 0 Å². The van der Waals surface area contributed by atoms with Gasteiger partial charge < -0.3 is 4.74 Å². The van der Waals surface area contributed by atoms with E-state index in [1.165, 1.54) is 11.8 Å². The van der Waals surface area contributed by atoms with Crippen LogP contribution in [0.5, 0.6) is 0 Å². The number of hydrogen-bond acceptors (Lipinski definition) is 6. The number of carbonyl (C=O) groups excluding carboxylic acids is 1. The van der Waals surface area contributed by atoms with Gasteiger partial charge in [0.2, 0.25) is 0 Å². The van der Waals surface area contributed by atoms with Crippen molar-refractivity contribution in [2.75, 3.05) is 12.4 Å². The van der Waals surface area contributed by atoms with Crippen LogP contribution in [0.4, 0.5) is 0 Å². The van der Waals surface area contributed by atoms with Gasteiger partial charge in [0.05, 0.1) is 18.6 Å². The van der Waals surface area contributed by atoms with E-state index in [1.54, 1.807) is 30.1 Å². The highest BCUT2D eigenvalue weighted by atomic mass is 32.2. The van der Waals surface area contributed by atoms with Crippen molar-refractivity contribution >= 4 is 17.7 Å². The van der Waals surface area contributed by atoms with Crippen LogP contribution in [-0.4, -0.2) is 38.1 Å². The van der Waals surface area contributed by atoms with Gasteiger partial charge in [0, 0.05) is 24.0 Å². The molecule has 0 radical (unpaired) electrons. The summed E-state index contributed by atoms with van der Waals surface area (Å²) in [5, 5.41) is 4.87. The number of aromatic nitrogens is 4. The lowest BCUT2D eigenvalue weighted by molar-refractivity contribution is -0.139. The molecule has 0 aliphatic rings. The molecule has 0 N–H and O–H groups in total. The Kier molecular flexibility index (Phi) is 5.22. The molecule has 0 spiro atoms. The molecule has 1 aromatic carbocycles. The fraction of sp³-hybridized carbons (Fsp3) is 0.176. The lowest BCUT2D eigenvalue weighted by Crippen LogP contribution is -2.07. The third kappa shape index (κ3) is 3.99. The highest BCUT2D eigenvalue weighted by Crippen LogP contribution is 2.20. The quantitative estimate of drug-likeness (QED) is 0.390. The van der Waals surface area contributed by atoms with E-state index in [9.17, 15) is 4.79 Å². The summed E-state index contributed by atoms with van der Waals surface area (Å²) in [6.07, 6.45) is 5.36. The summed E-state index contributed by atoms with van der Waals surface area (Å²) in [5.74, 6) is 0.562. The second kappa shape index (κ2) is 7.74. The molecule has 6 nitrogen and oxygen atoms in total. The minimum Gasteiger partial charge on any atom is -0.465 e. The van der Waals surface area contributed by atoms with Gasteiger partial charge in [-0.1, -0.05) is 42.1 Å². The molecule has 24 heavy (non-hydrogen) atoms. The number of carbonyl (C=O) groups is 1. The number of thioether (sulfide) groups is 1. The number of rotatable bonds is 6. The molecule has 122 valence electrons. The van der Waals surface area contributed by atoms with E-state index >= 15 is 0 Å². The van der Waals surface area contributed by atoms with Gasteiger partial charge in [-0.2, -0.15) is 5.10 Å². The van der Waals surface area contributed by atoms with Crippen LogP contribution >= 0.6 is 11.8 Å². The average molecular weight is 340 g/mol. The van der Waals surface area contributed by atoms with E-state index in [1.807, 2.05) is 36.5 Å². The molecule has 0 bridgehead atoms. The number of hydrogen-bond donors (Lipinski definition) is 0. The fourth-order valence-corrected chi connectivity index (χ4v) is 2.71. The van der Waals surface area contributed by atoms with E-state index < -0.39 is 0 Å². The molecule has 0 saturated heterocycles. The zero-order chi connectivity index (χ0) is 16.8. The van der Waals surface area contributed by atoms with Gasteiger partial charge in [-0.15, -0.1) is 0 Å². The van der Waals surface area contributed by atoms with Crippen LogP contribution in [0.3, 0.4) is 0 Å². The van der Waals surface area contributed by atoms with Crippen LogP contribution < -0.4 is 0 Å². The van der Waals surface area contributed by atoms with Gasteiger partial charge >= 0.3 is 5.97 Å². The van der Waals surface area contributed by atoms with Crippen LogP contribution in [0.15, 0.2) is 60.1 Å². The van der Waals surface area contributed by atoms with Gasteiger partial charge in [0.1, 0.15) is 0 Å². The summed E-state index contributed by atoms with van der Waals surface area (Å²) in [6.45, 7) is 2.15. The van der Waals surface area contributed by atoms with Gasteiger partial charge in [-0.25, -0.2) is 14.6 Å². The smallest absolute Gasteiger partial charge is 0.316 e. The van der Waals surface area contributed by atoms with Crippen LogP contribution in [-0.2, 0) is 9.53 Å². The SMILES string of the molecule is CCOC(=O)CSc1nccc(-n2cc(-c3ccccc3)cn2)n1. The summed E-state index contributed by atoms with van der Waals surface area (Å²) in [7, 11) is 0. The molecule has 0 saturated carbocycles. The second-order valence-electron chi connectivity index (χ2n) is 4.83. The van der Waals surface area contributed by atoms with E-state index in [2.05, 4.69) is 15.1 Å². The Bertz CT molecular complexity index is 820. The Morgan fingerprint density at radius 2 is 2.04 bits per heavy atom. The number of nitrogens with zero attached hydrogens (tertiary/aromatic N) is 4. The molecule has 3 aromatic rings. The van der Waals surface area contributed by atoms with Crippen molar-refractivity contribution < 1.29 is 9.53 Å². The van der Waals surface area contributed by atoms with Crippen molar-refractivity contribution in [2.24, 2.45) is 0 Å². The molecule has 3 rings (SSSR count). The lowest BCUT2D eigenvalue weighted by atomic mass is 10.1. The van der Waals surface area contributed by atoms with E-state index in [-0.39, 0.29) is 11.7 Å². The third-order valence-electron chi connectivity index (χ3n) is 3.17. The van der Waals surface area contributed by atoms with E-state index in [0.29, 0.717) is 17.6 Å².